The fraction of sp³-hybridized carbons (Fsp3) is 0.800. The fourth-order valence-corrected chi connectivity index (χ4v) is 1.51. The van der Waals surface area contributed by atoms with Gasteiger partial charge < -0.3 is 16.0 Å². The van der Waals surface area contributed by atoms with Crippen molar-refractivity contribution in [3.8, 4) is 0 Å². The summed E-state index contributed by atoms with van der Waals surface area (Å²) >= 11 is 0. The predicted molar refractivity (Wildman–Crippen MR) is 57.3 cm³/mol. The highest BCUT2D eigenvalue weighted by atomic mass is 16.2. The molecule has 86 valence electrons. The molecule has 0 aromatic rings. The Kier molecular flexibility index (Phi) is 5.10. The Balaban J connectivity index is 2.06. The molecule has 5 heteroatoms. The molecule has 0 aromatic carbocycles. The molecule has 0 unspecified atom stereocenters. The van der Waals surface area contributed by atoms with Crippen LogP contribution in [-0.4, -0.2) is 37.5 Å². The fourth-order valence-electron chi connectivity index (χ4n) is 1.51. The van der Waals surface area contributed by atoms with E-state index in [1.165, 1.54) is 0 Å². The van der Waals surface area contributed by atoms with Gasteiger partial charge in [-0.25, -0.2) is 0 Å². The van der Waals surface area contributed by atoms with Gasteiger partial charge in [0.1, 0.15) is 6.04 Å². The van der Waals surface area contributed by atoms with Crippen molar-refractivity contribution in [3.05, 3.63) is 0 Å². The minimum absolute atomic E-state index is 0.0285. The van der Waals surface area contributed by atoms with E-state index in [-0.39, 0.29) is 17.9 Å². The average molecular weight is 213 g/mol. The highest BCUT2D eigenvalue weighted by molar-refractivity contribution is 5.90. The number of hydrogen-bond donors (Lipinski definition) is 3. The van der Waals surface area contributed by atoms with Crippen LogP contribution in [0.25, 0.3) is 0 Å². The van der Waals surface area contributed by atoms with Crippen molar-refractivity contribution in [1.82, 2.24) is 16.0 Å². The smallest absolute Gasteiger partial charge is 0.242 e. The lowest BCUT2D eigenvalue weighted by atomic mass is 10.2. The molecule has 0 saturated carbocycles. The van der Waals surface area contributed by atoms with Crippen molar-refractivity contribution in [2.45, 2.75) is 32.2 Å². The molecule has 1 atom stereocenters. The Bertz CT molecular complexity index is 231. The van der Waals surface area contributed by atoms with Crippen LogP contribution in [0.3, 0.4) is 0 Å². The number of rotatable bonds is 6. The monoisotopic (exact) mass is 213 g/mol. The molecule has 0 radical (unpaired) electrons. The molecular weight excluding hydrogens is 194 g/mol. The molecule has 1 rings (SSSR count). The van der Waals surface area contributed by atoms with Crippen LogP contribution in [0.2, 0.25) is 0 Å². The van der Waals surface area contributed by atoms with Gasteiger partial charge in [-0.05, 0) is 19.4 Å². The minimum Gasteiger partial charge on any atom is -0.353 e. The summed E-state index contributed by atoms with van der Waals surface area (Å²) in [7, 11) is 0. The highest BCUT2D eigenvalue weighted by Crippen LogP contribution is 2.05. The first-order chi connectivity index (χ1) is 7.24. The third-order valence-electron chi connectivity index (χ3n) is 2.34. The van der Waals surface area contributed by atoms with Gasteiger partial charge in [-0.1, -0.05) is 6.92 Å². The number of carbonyl (C=O) groups is 2. The lowest BCUT2D eigenvalue weighted by molar-refractivity contribution is -0.125. The average Bonchev–Trinajstić information content (AvgIpc) is 2.64. The molecule has 0 aromatic heterocycles. The summed E-state index contributed by atoms with van der Waals surface area (Å²) in [5, 5.41) is 8.61. The second-order valence-electron chi connectivity index (χ2n) is 3.70. The SMILES string of the molecule is CCCNCCNC(=O)[C@@H]1CCC(=O)N1. The molecule has 3 N–H and O–H groups in total. The van der Waals surface area contributed by atoms with E-state index in [9.17, 15) is 9.59 Å². The summed E-state index contributed by atoms with van der Waals surface area (Å²) in [4.78, 5) is 22.3. The van der Waals surface area contributed by atoms with E-state index in [2.05, 4.69) is 22.9 Å². The first kappa shape index (κ1) is 12.0. The van der Waals surface area contributed by atoms with Gasteiger partial charge in [0.2, 0.25) is 11.8 Å². The molecule has 1 saturated heterocycles. The summed E-state index contributed by atoms with van der Waals surface area (Å²) in [6.07, 6.45) is 2.17. The number of hydrogen-bond acceptors (Lipinski definition) is 3. The van der Waals surface area contributed by atoms with E-state index in [4.69, 9.17) is 0 Å². The molecule has 0 spiro atoms. The van der Waals surface area contributed by atoms with Gasteiger partial charge >= 0.3 is 0 Å². The minimum atomic E-state index is -0.316. The molecular formula is C10H19N3O2. The van der Waals surface area contributed by atoms with Crippen LogP contribution in [0, 0.1) is 0 Å². The van der Waals surface area contributed by atoms with Crippen molar-refractivity contribution in [1.29, 1.82) is 0 Å². The van der Waals surface area contributed by atoms with Crippen molar-refractivity contribution < 1.29 is 9.59 Å². The van der Waals surface area contributed by atoms with E-state index in [1.54, 1.807) is 0 Å². The normalized spacial score (nSPS) is 20.1. The lowest BCUT2D eigenvalue weighted by Gasteiger charge is -2.10. The molecule has 0 bridgehead atoms. The predicted octanol–water partition coefficient (Wildman–Crippen LogP) is -0.619. The van der Waals surface area contributed by atoms with Crippen molar-refractivity contribution >= 4 is 11.8 Å². The van der Waals surface area contributed by atoms with Crippen molar-refractivity contribution in [2.75, 3.05) is 19.6 Å². The molecule has 1 heterocycles. The zero-order valence-electron chi connectivity index (χ0n) is 9.14. The topological polar surface area (TPSA) is 70.2 Å². The van der Waals surface area contributed by atoms with Crippen molar-refractivity contribution in [2.24, 2.45) is 0 Å². The van der Waals surface area contributed by atoms with Crippen LogP contribution in [0.4, 0.5) is 0 Å². The molecule has 1 aliphatic heterocycles. The zero-order valence-corrected chi connectivity index (χ0v) is 9.14. The van der Waals surface area contributed by atoms with Gasteiger partial charge in [0.25, 0.3) is 0 Å². The maximum atomic E-state index is 11.5. The molecule has 5 nitrogen and oxygen atoms in total. The molecule has 0 aliphatic carbocycles. The van der Waals surface area contributed by atoms with Crippen LogP contribution in [0.1, 0.15) is 26.2 Å². The Morgan fingerprint density at radius 1 is 1.47 bits per heavy atom. The Morgan fingerprint density at radius 2 is 2.27 bits per heavy atom. The van der Waals surface area contributed by atoms with Crippen LogP contribution in [-0.2, 0) is 9.59 Å². The molecule has 15 heavy (non-hydrogen) atoms. The standard InChI is InChI=1S/C10H19N3O2/c1-2-5-11-6-7-12-10(15)8-3-4-9(14)13-8/h8,11H,2-7H2,1H3,(H,12,15)(H,13,14)/t8-/m0/s1. The zero-order chi connectivity index (χ0) is 11.1. The highest BCUT2D eigenvalue weighted by Gasteiger charge is 2.26. The molecule has 2 amide bonds. The number of carbonyl (C=O) groups excluding carboxylic acids is 2. The maximum absolute atomic E-state index is 11.5. The first-order valence-electron chi connectivity index (χ1n) is 5.52. The van der Waals surface area contributed by atoms with E-state index in [0.29, 0.717) is 19.4 Å². The van der Waals surface area contributed by atoms with Gasteiger partial charge in [-0.2, -0.15) is 0 Å². The van der Waals surface area contributed by atoms with E-state index in [1.807, 2.05) is 0 Å². The Labute approximate surface area is 90.0 Å². The van der Waals surface area contributed by atoms with Gasteiger partial charge in [-0.3, -0.25) is 9.59 Å². The van der Waals surface area contributed by atoms with E-state index < -0.39 is 0 Å². The third-order valence-corrected chi connectivity index (χ3v) is 2.34. The van der Waals surface area contributed by atoms with Crippen LogP contribution in [0.5, 0.6) is 0 Å². The van der Waals surface area contributed by atoms with E-state index in [0.717, 1.165) is 19.5 Å². The lowest BCUT2D eigenvalue weighted by Crippen LogP contribution is -2.43. The Morgan fingerprint density at radius 3 is 2.87 bits per heavy atom. The van der Waals surface area contributed by atoms with E-state index >= 15 is 0 Å². The molecule has 1 fully saturated rings. The number of amides is 2. The van der Waals surface area contributed by atoms with Crippen molar-refractivity contribution in [3.63, 3.8) is 0 Å². The quantitative estimate of drug-likeness (QED) is 0.515. The summed E-state index contributed by atoms with van der Waals surface area (Å²) in [5.41, 5.74) is 0. The third kappa shape index (κ3) is 4.29. The second kappa shape index (κ2) is 6.40. The van der Waals surface area contributed by atoms with Crippen LogP contribution >= 0.6 is 0 Å². The van der Waals surface area contributed by atoms with Gasteiger partial charge in [-0.15, -0.1) is 0 Å². The summed E-state index contributed by atoms with van der Waals surface area (Å²) in [6.45, 7) is 4.46. The van der Waals surface area contributed by atoms with Crippen LogP contribution < -0.4 is 16.0 Å². The second-order valence-corrected chi connectivity index (χ2v) is 3.70. The van der Waals surface area contributed by atoms with Crippen LogP contribution in [0.15, 0.2) is 0 Å². The number of nitrogens with one attached hydrogen (secondary N) is 3. The Hall–Kier alpha value is -1.10. The first-order valence-corrected chi connectivity index (χ1v) is 5.52. The summed E-state index contributed by atoms with van der Waals surface area (Å²) < 4.78 is 0. The molecule has 1 aliphatic rings. The maximum Gasteiger partial charge on any atom is 0.242 e. The van der Waals surface area contributed by atoms with Gasteiger partial charge in [0.05, 0.1) is 0 Å². The summed E-state index contributed by atoms with van der Waals surface area (Å²) in [5.74, 6) is -0.0987. The summed E-state index contributed by atoms with van der Waals surface area (Å²) in [6, 6.07) is -0.316. The van der Waals surface area contributed by atoms with Gasteiger partial charge in [0.15, 0.2) is 0 Å². The largest absolute Gasteiger partial charge is 0.353 e. The van der Waals surface area contributed by atoms with Gasteiger partial charge in [0, 0.05) is 19.5 Å².